The smallest absolute Gasteiger partial charge is 0.315 e. The molecule has 2 aliphatic rings. The van der Waals surface area contributed by atoms with Crippen molar-refractivity contribution < 1.29 is 20.2 Å². The van der Waals surface area contributed by atoms with Crippen LogP contribution >= 0.6 is 11.8 Å². The maximum atomic E-state index is 11.2. The van der Waals surface area contributed by atoms with Crippen LogP contribution in [0.15, 0.2) is 0 Å². The molecule has 0 saturated carbocycles. The zero-order valence-corrected chi connectivity index (χ0v) is 9.34. The summed E-state index contributed by atoms with van der Waals surface area (Å²) in [5.74, 6) is -0.724. The van der Waals surface area contributed by atoms with Crippen LogP contribution in [0.4, 0.5) is 4.79 Å². The van der Waals surface area contributed by atoms with Crippen LogP contribution < -0.4 is 10.6 Å². The molecule has 0 radical (unpaired) electrons. The zero-order valence-electron chi connectivity index (χ0n) is 12.5. The second kappa shape index (κ2) is 4.95. The van der Waals surface area contributed by atoms with Crippen molar-refractivity contribution in [2.75, 3.05) is 5.75 Å². The summed E-state index contributed by atoms with van der Waals surface area (Å²) in [7, 11) is 0. The van der Waals surface area contributed by atoms with Gasteiger partial charge in [0.15, 0.2) is 0 Å². The number of carbonyl (C=O) groups is 2. The average molecular weight is 248 g/mol. The summed E-state index contributed by atoms with van der Waals surface area (Å²) in [6.45, 7) is 0. The first-order chi connectivity index (χ1) is 9.12. The molecule has 2 heterocycles. The van der Waals surface area contributed by atoms with Gasteiger partial charge in [-0.1, -0.05) is 6.37 Å². The van der Waals surface area contributed by atoms with Crippen LogP contribution in [-0.2, 0) is 4.79 Å². The van der Waals surface area contributed by atoms with Gasteiger partial charge in [0.1, 0.15) is 0 Å². The van der Waals surface area contributed by atoms with Gasteiger partial charge >= 0.3 is 12.0 Å². The molecule has 2 amide bonds. The predicted octanol–water partition coefficient (Wildman–Crippen LogP) is 0.797. The van der Waals surface area contributed by atoms with Crippen LogP contribution in [0.1, 0.15) is 31.1 Å². The zero-order chi connectivity index (χ0) is 15.1. The van der Waals surface area contributed by atoms with Crippen LogP contribution in [0, 0.1) is 0 Å². The van der Waals surface area contributed by atoms with Crippen molar-refractivity contribution in [1.82, 2.24) is 10.6 Å². The number of carboxylic acids is 1. The highest BCUT2D eigenvalue weighted by Crippen LogP contribution is 2.33. The first kappa shape index (κ1) is 7.42. The summed E-state index contributed by atoms with van der Waals surface area (Å²) in [5, 5.41) is 13.8. The van der Waals surface area contributed by atoms with Crippen LogP contribution in [0.5, 0.6) is 0 Å². The van der Waals surface area contributed by atoms with Crippen molar-refractivity contribution in [3.05, 3.63) is 0 Å². The predicted molar refractivity (Wildman–Crippen MR) is 61.6 cm³/mol. The Balaban J connectivity index is 2.04. The quantitative estimate of drug-likeness (QED) is 0.629. The highest BCUT2D eigenvalue weighted by Gasteiger charge is 2.42. The minimum absolute atomic E-state index is 0.0707. The van der Waals surface area contributed by atoms with Gasteiger partial charge in [0.2, 0.25) is 0 Å². The number of thioether (sulfide) groups is 1. The van der Waals surface area contributed by atoms with Crippen molar-refractivity contribution in [2.24, 2.45) is 0 Å². The lowest BCUT2D eigenvalue weighted by atomic mass is 10.0. The fourth-order valence-electron chi connectivity index (χ4n) is 1.88. The minimum Gasteiger partial charge on any atom is -0.481 e. The summed E-state index contributed by atoms with van der Waals surface area (Å²) >= 11 is 1.47. The summed E-state index contributed by atoms with van der Waals surface area (Å²) in [6, 6.07) is -0.596. The largest absolute Gasteiger partial charge is 0.481 e. The van der Waals surface area contributed by atoms with Crippen molar-refractivity contribution in [3.8, 4) is 0 Å². The Morgan fingerprint density at radius 1 is 1.56 bits per heavy atom. The van der Waals surface area contributed by atoms with Crippen LogP contribution in [0.3, 0.4) is 0 Å². The summed E-state index contributed by atoms with van der Waals surface area (Å²) in [4.78, 5) is 21.9. The molecule has 5 nitrogen and oxygen atoms in total. The van der Waals surface area contributed by atoms with Crippen LogP contribution in [0.25, 0.3) is 0 Å². The normalized spacial score (nSPS) is 37.5. The summed E-state index contributed by atoms with van der Waals surface area (Å²) < 4.78 is 31.0. The van der Waals surface area contributed by atoms with E-state index in [1.54, 1.807) is 0 Å². The molecule has 2 rings (SSSR count). The Bertz CT molecular complexity index is 435. The lowest BCUT2D eigenvalue weighted by Crippen LogP contribution is -2.36. The van der Waals surface area contributed by atoms with Gasteiger partial charge in [0.05, 0.1) is 12.1 Å². The standard InChI is InChI=1S/C10H16N2O3S/c13-8(14)4-2-1-3-7-9-6(5-16-7)11-10(15)12-9/h6-7,9H,1-5H2,(H,13,14)(H2,11,12,15)/t6?,7-,9?/m0/s1/i1D2,2D2. The molecule has 0 aromatic carbocycles. The van der Waals surface area contributed by atoms with E-state index in [9.17, 15) is 9.59 Å². The van der Waals surface area contributed by atoms with Crippen LogP contribution in [-0.4, -0.2) is 40.2 Å². The SMILES string of the molecule is [2H]C([2H])(CC(=O)O)C([2H])([2H])C[C@@H]1SCC2NC(=O)NC21. The van der Waals surface area contributed by atoms with Gasteiger partial charge in [-0.25, -0.2) is 4.79 Å². The van der Waals surface area contributed by atoms with Crippen molar-refractivity contribution in [2.45, 2.75) is 42.9 Å². The van der Waals surface area contributed by atoms with E-state index < -0.39 is 25.1 Å². The number of amides is 2. The third kappa shape index (κ3) is 2.61. The second-order valence-electron chi connectivity index (χ2n) is 3.75. The van der Waals surface area contributed by atoms with E-state index in [0.717, 1.165) is 0 Å². The molecule has 2 saturated heterocycles. The Hall–Kier alpha value is -0.910. The van der Waals surface area contributed by atoms with E-state index in [2.05, 4.69) is 10.6 Å². The van der Waals surface area contributed by atoms with Crippen molar-refractivity contribution in [1.29, 1.82) is 0 Å². The lowest BCUT2D eigenvalue weighted by Gasteiger charge is -2.16. The van der Waals surface area contributed by atoms with Gasteiger partial charge in [-0.15, -0.1) is 0 Å². The summed E-state index contributed by atoms with van der Waals surface area (Å²) in [6.07, 6.45) is -5.74. The molecule has 3 atom stereocenters. The van der Waals surface area contributed by atoms with E-state index in [-0.39, 0.29) is 29.8 Å². The maximum absolute atomic E-state index is 11.2. The molecule has 16 heavy (non-hydrogen) atoms. The monoisotopic (exact) mass is 248 g/mol. The second-order valence-corrected chi connectivity index (χ2v) is 5.02. The van der Waals surface area contributed by atoms with Crippen LogP contribution in [0.2, 0.25) is 0 Å². The van der Waals surface area contributed by atoms with Gasteiger partial charge in [-0.3, -0.25) is 4.79 Å². The molecule has 0 spiro atoms. The molecule has 0 aromatic heterocycles. The maximum Gasteiger partial charge on any atom is 0.315 e. The Labute approximate surface area is 104 Å². The number of fused-ring (bicyclic) bond motifs is 1. The molecule has 6 heteroatoms. The van der Waals surface area contributed by atoms with E-state index >= 15 is 0 Å². The third-order valence-corrected chi connectivity index (χ3v) is 4.05. The topological polar surface area (TPSA) is 78.4 Å². The van der Waals surface area contributed by atoms with Gasteiger partial charge in [0, 0.05) is 22.9 Å². The van der Waals surface area contributed by atoms with E-state index in [1.165, 1.54) is 11.8 Å². The Morgan fingerprint density at radius 3 is 3.12 bits per heavy atom. The minimum atomic E-state index is -2.45. The van der Waals surface area contributed by atoms with Gasteiger partial charge < -0.3 is 15.7 Å². The number of carbonyl (C=O) groups excluding carboxylic acids is 1. The first-order valence-electron chi connectivity index (χ1n) is 7.03. The molecule has 2 unspecified atom stereocenters. The molecule has 90 valence electrons. The lowest BCUT2D eigenvalue weighted by molar-refractivity contribution is -0.137. The number of nitrogens with one attached hydrogen (secondary N) is 2. The molecule has 0 aromatic rings. The number of rotatable bonds is 5. The molecular formula is C10H16N2O3S. The molecular weight excluding hydrogens is 228 g/mol. The molecule has 2 aliphatic heterocycles. The van der Waals surface area contributed by atoms with E-state index in [1.807, 2.05) is 0 Å². The number of hydrogen-bond acceptors (Lipinski definition) is 3. The fraction of sp³-hybridized carbons (Fsp3) is 0.800. The number of urea groups is 1. The van der Waals surface area contributed by atoms with Gasteiger partial charge in [-0.05, 0) is 12.8 Å². The van der Waals surface area contributed by atoms with Gasteiger partial charge in [-0.2, -0.15) is 11.8 Å². The molecule has 2 fully saturated rings. The number of aliphatic carboxylic acids is 1. The van der Waals surface area contributed by atoms with Crippen molar-refractivity contribution in [3.63, 3.8) is 0 Å². The van der Waals surface area contributed by atoms with E-state index in [4.69, 9.17) is 10.6 Å². The Morgan fingerprint density at radius 2 is 2.38 bits per heavy atom. The highest BCUT2D eigenvalue weighted by molar-refractivity contribution is 8.00. The van der Waals surface area contributed by atoms with Gasteiger partial charge in [0.25, 0.3) is 0 Å². The van der Waals surface area contributed by atoms with E-state index in [0.29, 0.717) is 5.75 Å². The summed E-state index contributed by atoms with van der Waals surface area (Å²) in [5.41, 5.74) is 0. The third-order valence-electron chi connectivity index (χ3n) is 2.61. The molecule has 0 aliphatic carbocycles. The number of carboxylic acid groups (broad SMARTS) is 1. The highest BCUT2D eigenvalue weighted by atomic mass is 32.2. The number of hydrogen-bond donors (Lipinski definition) is 3. The molecule has 0 bridgehead atoms. The first-order valence-corrected chi connectivity index (χ1v) is 6.08. The van der Waals surface area contributed by atoms with Crippen molar-refractivity contribution >= 4 is 23.8 Å². The average Bonchev–Trinajstić information content (AvgIpc) is 2.77. The fourth-order valence-corrected chi connectivity index (χ4v) is 3.29. The molecule has 3 N–H and O–H groups in total. The Kier molecular flexibility index (Phi) is 2.30.